The molecule has 2 heterocycles. The molecule has 0 bridgehead atoms. The lowest BCUT2D eigenvalue weighted by Crippen LogP contribution is -2.55. The number of ether oxygens (including phenoxy) is 4. The fraction of sp³-hybridized carbons (Fsp3) is 0.500. The number of hydrogen-bond acceptors (Lipinski definition) is 7. The van der Waals surface area contributed by atoms with E-state index in [0.717, 1.165) is 16.7 Å². The molecule has 45 heavy (non-hydrogen) atoms. The van der Waals surface area contributed by atoms with E-state index in [4.69, 9.17) is 23.4 Å². The Morgan fingerprint density at radius 1 is 0.778 bits per heavy atom. The summed E-state index contributed by atoms with van der Waals surface area (Å²) in [7, 11) is -5.84. The molecule has 9 heteroatoms. The van der Waals surface area contributed by atoms with Gasteiger partial charge in [0, 0.05) is 12.8 Å². The van der Waals surface area contributed by atoms with Gasteiger partial charge in [-0.2, -0.15) is 0 Å². The largest absolute Gasteiger partial charge is 0.411 e. The van der Waals surface area contributed by atoms with Gasteiger partial charge in [0.25, 0.3) is 0 Å². The highest BCUT2D eigenvalue weighted by Crippen LogP contribution is 2.43. The number of rotatable bonds is 13. The number of sulfone groups is 1. The Kier molecular flexibility index (Phi) is 10.7. The second-order valence-corrected chi connectivity index (χ2v) is 20.6. The van der Waals surface area contributed by atoms with E-state index in [-0.39, 0.29) is 34.3 Å². The van der Waals surface area contributed by atoms with Crippen LogP contribution < -0.4 is 0 Å². The third-order valence-corrected chi connectivity index (χ3v) is 15.7. The highest BCUT2D eigenvalue weighted by molar-refractivity contribution is 7.92. The molecule has 0 unspecified atom stereocenters. The lowest BCUT2D eigenvalue weighted by atomic mass is 9.95. The van der Waals surface area contributed by atoms with Crippen molar-refractivity contribution in [3.63, 3.8) is 0 Å². The Labute approximate surface area is 270 Å². The smallest absolute Gasteiger partial charge is 0.207 e. The first-order chi connectivity index (χ1) is 21.3. The zero-order valence-electron chi connectivity index (χ0n) is 27.3. The maximum Gasteiger partial charge on any atom is 0.207 e. The van der Waals surface area contributed by atoms with Crippen LogP contribution in [0.1, 0.15) is 50.3 Å². The molecular weight excluding hydrogens is 605 g/mol. The lowest BCUT2D eigenvalue weighted by Gasteiger charge is -2.46. The molecular formula is C36H48O7SSi. The van der Waals surface area contributed by atoms with E-state index in [1.54, 1.807) is 12.1 Å². The van der Waals surface area contributed by atoms with Crippen LogP contribution in [0.4, 0.5) is 0 Å². The van der Waals surface area contributed by atoms with Crippen molar-refractivity contribution < 1.29 is 31.8 Å². The molecule has 6 atom stereocenters. The van der Waals surface area contributed by atoms with Crippen LogP contribution in [0.5, 0.6) is 0 Å². The van der Waals surface area contributed by atoms with Gasteiger partial charge >= 0.3 is 0 Å². The van der Waals surface area contributed by atoms with Crippen molar-refractivity contribution in [3.05, 3.63) is 102 Å². The SMILES string of the molecule is Cc1ccc(S(=O)(=O)[C@H]2O[C@@H]2C[C@@H]2O[C@H](COCc3ccccc3)[C@@H](OCc3ccccc3)C[C@H]2O[Si](C)(C)C(C)(C)C)cc1. The van der Waals surface area contributed by atoms with Crippen LogP contribution in [0.2, 0.25) is 18.1 Å². The Bertz CT molecular complexity index is 1470. The Morgan fingerprint density at radius 2 is 1.38 bits per heavy atom. The topological polar surface area (TPSA) is 83.6 Å². The van der Waals surface area contributed by atoms with Crippen molar-refractivity contribution in [2.45, 2.75) is 113 Å². The van der Waals surface area contributed by atoms with E-state index in [2.05, 4.69) is 46.0 Å². The van der Waals surface area contributed by atoms with Crippen LogP contribution >= 0.6 is 0 Å². The third kappa shape index (κ3) is 8.71. The average molecular weight is 653 g/mol. The summed E-state index contributed by atoms with van der Waals surface area (Å²) >= 11 is 0. The summed E-state index contributed by atoms with van der Waals surface area (Å²) in [6, 6.07) is 27.1. The van der Waals surface area contributed by atoms with Gasteiger partial charge in [-0.15, -0.1) is 0 Å². The fourth-order valence-corrected chi connectivity index (χ4v) is 8.38. The Hall–Kier alpha value is -2.37. The van der Waals surface area contributed by atoms with E-state index in [1.807, 2.05) is 67.6 Å². The summed E-state index contributed by atoms with van der Waals surface area (Å²) < 4.78 is 59.1. The summed E-state index contributed by atoms with van der Waals surface area (Å²) in [6.07, 6.45) is -0.708. The minimum absolute atomic E-state index is 0.0129. The molecule has 244 valence electrons. The Morgan fingerprint density at radius 3 is 1.98 bits per heavy atom. The average Bonchev–Trinajstić information content (AvgIpc) is 3.78. The molecule has 2 saturated heterocycles. The van der Waals surface area contributed by atoms with E-state index >= 15 is 0 Å². The standard InChI is InChI=1S/C36H48O7SSi/c1-26-17-19-29(20-18-26)44(37,38)35-33(42-35)22-31-32(43-45(5,6)36(2,3)4)21-30(40-24-28-15-11-8-12-16-28)34(41-31)25-39-23-27-13-9-7-10-14-27/h7-20,30-35H,21-25H2,1-6H3/t30-,31-,32+,33+,34+,35+/m0/s1. The van der Waals surface area contributed by atoms with E-state index in [0.29, 0.717) is 32.7 Å². The van der Waals surface area contributed by atoms with Gasteiger partial charge in [-0.05, 0) is 48.3 Å². The first-order valence-electron chi connectivity index (χ1n) is 15.9. The molecule has 2 aliphatic heterocycles. The van der Waals surface area contributed by atoms with Gasteiger partial charge < -0.3 is 23.4 Å². The van der Waals surface area contributed by atoms with Crippen LogP contribution in [-0.4, -0.2) is 59.3 Å². The van der Waals surface area contributed by atoms with Gasteiger partial charge in [-0.25, -0.2) is 8.42 Å². The molecule has 0 aliphatic carbocycles. The maximum absolute atomic E-state index is 13.4. The highest BCUT2D eigenvalue weighted by atomic mass is 32.2. The maximum atomic E-state index is 13.4. The molecule has 0 aromatic heterocycles. The fourth-order valence-electron chi connectivity index (χ4n) is 5.44. The summed E-state index contributed by atoms with van der Waals surface area (Å²) in [6.45, 7) is 14.3. The molecule has 0 saturated carbocycles. The van der Waals surface area contributed by atoms with Crippen molar-refractivity contribution in [2.75, 3.05) is 6.61 Å². The molecule has 0 radical (unpaired) electrons. The van der Waals surface area contributed by atoms with Gasteiger partial charge in [0.1, 0.15) is 12.2 Å². The van der Waals surface area contributed by atoms with E-state index in [9.17, 15) is 8.42 Å². The van der Waals surface area contributed by atoms with Gasteiger partial charge in [0.15, 0.2) is 13.8 Å². The highest BCUT2D eigenvalue weighted by Gasteiger charge is 2.54. The van der Waals surface area contributed by atoms with Gasteiger partial charge in [-0.3, -0.25) is 0 Å². The van der Waals surface area contributed by atoms with Crippen LogP contribution in [0.15, 0.2) is 89.8 Å². The number of aryl methyl sites for hydroxylation is 1. The van der Waals surface area contributed by atoms with Gasteiger partial charge in [0.05, 0.1) is 43.0 Å². The monoisotopic (exact) mass is 652 g/mol. The third-order valence-electron chi connectivity index (χ3n) is 9.25. The van der Waals surface area contributed by atoms with Crippen LogP contribution in [0.25, 0.3) is 0 Å². The van der Waals surface area contributed by atoms with Gasteiger partial charge in [0.2, 0.25) is 9.84 Å². The molecule has 2 fully saturated rings. The van der Waals surface area contributed by atoms with Crippen molar-refractivity contribution in [1.29, 1.82) is 0 Å². The second-order valence-electron chi connectivity index (χ2n) is 13.8. The number of hydrogen-bond donors (Lipinski definition) is 0. The normalized spacial score (nSPS) is 25.6. The van der Waals surface area contributed by atoms with Gasteiger partial charge in [-0.1, -0.05) is 99.1 Å². The van der Waals surface area contributed by atoms with Crippen molar-refractivity contribution in [3.8, 4) is 0 Å². The van der Waals surface area contributed by atoms with Crippen LogP contribution in [0, 0.1) is 6.92 Å². The summed E-state index contributed by atoms with van der Waals surface area (Å²) in [5, 5.41) is -0.0129. The lowest BCUT2D eigenvalue weighted by molar-refractivity contribution is -0.201. The molecule has 2 aliphatic rings. The predicted octanol–water partition coefficient (Wildman–Crippen LogP) is 7.23. The first-order valence-corrected chi connectivity index (χ1v) is 20.4. The zero-order chi connectivity index (χ0) is 32.2. The van der Waals surface area contributed by atoms with Crippen molar-refractivity contribution in [1.82, 2.24) is 0 Å². The van der Waals surface area contributed by atoms with Crippen LogP contribution in [-0.2, 0) is 46.4 Å². The number of epoxide rings is 1. The summed E-state index contributed by atoms with van der Waals surface area (Å²) in [5.74, 6) is 0. The van der Waals surface area contributed by atoms with Crippen molar-refractivity contribution in [2.24, 2.45) is 0 Å². The predicted molar refractivity (Wildman–Crippen MR) is 178 cm³/mol. The minimum Gasteiger partial charge on any atom is -0.411 e. The molecule has 0 spiro atoms. The second kappa shape index (κ2) is 14.2. The molecule has 3 aromatic rings. The quantitative estimate of drug-likeness (QED) is 0.142. The molecule has 3 aromatic carbocycles. The first kappa shape index (κ1) is 34.0. The van der Waals surface area contributed by atoms with E-state index in [1.165, 1.54) is 0 Å². The molecule has 5 rings (SSSR count). The Balaban J connectivity index is 1.34. The molecule has 0 amide bonds. The zero-order valence-corrected chi connectivity index (χ0v) is 29.2. The molecule has 0 N–H and O–H groups in total. The summed E-state index contributed by atoms with van der Waals surface area (Å²) in [5.41, 5.74) is 2.28. The van der Waals surface area contributed by atoms with Crippen LogP contribution in [0.3, 0.4) is 0 Å². The minimum atomic E-state index is -3.63. The molecule has 7 nitrogen and oxygen atoms in total. The van der Waals surface area contributed by atoms with E-state index < -0.39 is 29.7 Å². The summed E-state index contributed by atoms with van der Waals surface area (Å²) in [4.78, 5) is 0.279. The van der Waals surface area contributed by atoms with Crippen molar-refractivity contribution >= 4 is 18.2 Å². The number of benzene rings is 3.